The zero-order valence-electron chi connectivity index (χ0n) is 21.7. The van der Waals surface area contributed by atoms with E-state index in [2.05, 4.69) is 6.92 Å². The molecular formula is C29H37N3O5. The zero-order valence-corrected chi connectivity index (χ0v) is 21.7. The highest BCUT2D eigenvalue weighted by atomic mass is 16.5. The first-order valence-corrected chi connectivity index (χ1v) is 13.6. The Kier molecular flexibility index (Phi) is 6.98. The van der Waals surface area contributed by atoms with Crippen LogP contribution in [0.4, 0.5) is 5.69 Å². The molecular weight excluding hydrogens is 470 g/mol. The number of rotatable bonds is 8. The Labute approximate surface area is 218 Å². The number of fused-ring (bicyclic) bond motifs is 2. The van der Waals surface area contributed by atoms with Crippen LogP contribution in [0.1, 0.15) is 39.5 Å². The van der Waals surface area contributed by atoms with Gasteiger partial charge in [0, 0.05) is 31.9 Å². The van der Waals surface area contributed by atoms with Crippen molar-refractivity contribution >= 4 is 23.4 Å². The molecule has 2 fully saturated rings. The number of carbonyl (C=O) groups is 3. The summed E-state index contributed by atoms with van der Waals surface area (Å²) in [7, 11) is 0. The molecule has 1 N–H and O–H groups in total. The number of likely N-dealkylation sites (tertiary alicyclic amines) is 1. The van der Waals surface area contributed by atoms with Crippen molar-refractivity contribution in [2.45, 2.75) is 56.8 Å². The first-order valence-electron chi connectivity index (χ1n) is 13.6. The third-order valence-corrected chi connectivity index (χ3v) is 8.46. The number of para-hydroxylation sites is 1. The third kappa shape index (κ3) is 3.92. The van der Waals surface area contributed by atoms with Crippen LogP contribution in [-0.4, -0.2) is 82.7 Å². The maximum atomic E-state index is 14.3. The van der Waals surface area contributed by atoms with E-state index in [1.807, 2.05) is 61.6 Å². The van der Waals surface area contributed by atoms with Crippen molar-refractivity contribution in [3.8, 4) is 0 Å². The lowest BCUT2D eigenvalue weighted by molar-refractivity contribution is -0.152. The number of β-amino-alcohol motifs (C(OH)–C–C–N with tert-alkyl or cyclic N) is 1. The number of unbranched alkanes of at least 4 members (excludes halogenated alkanes) is 2. The maximum absolute atomic E-state index is 14.3. The van der Waals surface area contributed by atoms with Crippen molar-refractivity contribution in [2.75, 3.05) is 37.7 Å². The van der Waals surface area contributed by atoms with Gasteiger partial charge in [-0.15, -0.1) is 0 Å². The van der Waals surface area contributed by atoms with Gasteiger partial charge >= 0.3 is 0 Å². The minimum Gasteiger partial charge on any atom is -0.395 e. The summed E-state index contributed by atoms with van der Waals surface area (Å²) in [5, 5.41) is 9.84. The number of amides is 3. The van der Waals surface area contributed by atoms with Crippen LogP contribution >= 0.6 is 0 Å². The van der Waals surface area contributed by atoms with E-state index in [0.29, 0.717) is 26.1 Å². The largest absolute Gasteiger partial charge is 0.395 e. The molecule has 5 atom stereocenters. The van der Waals surface area contributed by atoms with Crippen molar-refractivity contribution in [3.05, 3.63) is 54.6 Å². The summed E-state index contributed by atoms with van der Waals surface area (Å²) in [6.45, 7) is 5.23. The Hall–Kier alpha value is -2.97. The van der Waals surface area contributed by atoms with Crippen LogP contribution < -0.4 is 4.90 Å². The first-order chi connectivity index (χ1) is 17.9. The predicted octanol–water partition coefficient (Wildman–Crippen LogP) is 2.53. The summed E-state index contributed by atoms with van der Waals surface area (Å²) in [5.41, 5.74) is -1.52. The Morgan fingerprint density at radius 1 is 0.919 bits per heavy atom. The van der Waals surface area contributed by atoms with Crippen LogP contribution in [0.5, 0.6) is 0 Å². The second-order valence-electron chi connectivity index (χ2n) is 10.5. The van der Waals surface area contributed by atoms with Crippen molar-refractivity contribution in [1.29, 1.82) is 0 Å². The van der Waals surface area contributed by atoms with E-state index in [9.17, 15) is 19.5 Å². The van der Waals surface area contributed by atoms with E-state index in [-0.39, 0.29) is 30.9 Å². The lowest BCUT2D eigenvalue weighted by atomic mass is 9.73. The zero-order chi connectivity index (χ0) is 26.2. The van der Waals surface area contributed by atoms with E-state index in [4.69, 9.17) is 4.74 Å². The number of carbonyl (C=O) groups excluding carboxylic acids is 3. The average molecular weight is 508 g/mol. The van der Waals surface area contributed by atoms with E-state index >= 15 is 0 Å². The molecule has 37 heavy (non-hydrogen) atoms. The molecule has 1 aromatic carbocycles. The normalized spacial score (nSPS) is 32.9. The van der Waals surface area contributed by atoms with Gasteiger partial charge in [0.2, 0.25) is 17.7 Å². The van der Waals surface area contributed by atoms with Crippen molar-refractivity contribution < 1.29 is 24.2 Å². The number of benzene rings is 1. The summed E-state index contributed by atoms with van der Waals surface area (Å²) in [6.07, 6.45) is 11.1. The Balaban J connectivity index is 1.60. The Morgan fingerprint density at radius 3 is 2.38 bits per heavy atom. The molecule has 3 amide bonds. The molecule has 0 aliphatic carbocycles. The number of nitrogens with zero attached hydrogens (tertiary/aromatic N) is 3. The third-order valence-electron chi connectivity index (χ3n) is 8.46. The van der Waals surface area contributed by atoms with Gasteiger partial charge in [-0.3, -0.25) is 14.4 Å². The van der Waals surface area contributed by atoms with Gasteiger partial charge in [-0.2, -0.15) is 0 Å². The molecule has 5 rings (SSSR count). The molecule has 1 aromatic rings. The van der Waals surface area contributed by atoms with Gasteiger partial charge in [0.05, 0.1) is 24.0 Å². The molecule has 1 spiro atoms. The van der Waals surface area contributed by atoms with E-state index < -0.39 is 29.1 Å². The highest BCUT2D eigenvalue weighted by molar-refractivity contribution is 6.04. The number of hydrogen-bond acceptors (Lipinski definition) is 5. The van der Waals surface area contributed by atoms with Crippen molar-refractivity contribution in [3.63, 3.8) is 0 Å². The molecule has 4 aliphatic rings. The molecule has 198 valence electrons. The Bertz CT molecular complexity index is 1100. The smallest absolute Gasteiger partial charge is 0.249 e. The highest BCUT2D eigenvalue weighted by Gasteiger charge is 2.75. The molecule has 1 unspecified atom stereocenters. The second-order valence-corrected chi connectivity index (χ2v) is 10.5. The minimum atomic E-state index is -1.27. The molecule has 8 heteroatoms. The van der Waals surface area contributed by atoms with Crippen LogP contribution in [0.2, 0.25) is 0 Å². The minimum absolute atomic E-state index is 0.0196. The van der Waals surface area contributed by atoms with Gasteiger partial charge in [0.1, 0.15) is 11.6 Å². The topological polar surface area (TPSA) is 90.4 Å². The van der Waals surface area contributed by atoms with Gasteiger partial charge in [-0.1, -0.05) is 69.2 Å². The summed E-state index contributed by atoms with van der Waals surface area (Å²) in [5.74, 6) is -2.31. The van der Waals surface area contributed by atoms with Gasteiger partial charge in [-0.25, -0.2) is 0 Å². The van der Waals surface area contributed by atoms with Gasteiger partial charge in [0.15, 0.2) is 0 Å². The van der Waals surface area contributed by atoms with Crippen LogP contribution in [0.3, 0.4) is 0 Å². The van der Waals surface area contributed by atoms with Crippen LogP contribution in [-0.2, 0) is 19.1 Å². The number of anilines is 1. The summed E-state index contributed by atoms with van der Waals surface area (Å²) < 4.78 is 6.91. The Morgan fingerprint density at radius 2 is 1.68 bits per heavy atom. The summed E-state index contributed by atoms with van der Waals surface area (Å²) in [6, 6.07) is 8.53. The van der Waals surface area contributed by atoms with E-state index in [1.165, 1.54) is 4.90 Å². The monoisotopic (exact) mass is 507 g/mol. The fraction of sp³-hybridized carbons (Fsp3) is 0.552. The van der Waals surface area contributed by atoms with Crippen molar-refractivity contribution in [1.82, 2.24) is 9.80 Å². The number of aliphatic hydroxyl groups excluding tert-OH is 1. The summed E-state index contributed by atoms with van der Waals surface area (Å²) in [4.78, 5) is 47.4. The average Bonchev–Trinajstić information content (AvgIpc) is 3.19. The van der Waals surface area contributed by atoms with E-state index in [1.54, 1.807) is 9.80 Å². The first kappa shape index (κ1) is 25.7. The molecule has 0 radical (unpaired) electrons. The van der Waals surface area contributed by atoms with Crippen LogP contribution in [0.25, 0.3) is 0 Å². The molecule has 0 bridgehead atoms. The highest BCUT2D eigenvalue weighted by Crippen LogP contribution is 2.58. The van der Waals surface area contributed by atoms with Gasteiger partial charge < -0.3 is 24.5 Å². The molecule has 2 saturated heterocycles. The SMILES string of the molecule is CCCCCN1CC=C[C@]23O[C@@]4(CC)C=CCN(c5ccccc5)C(=O)[C@H]4[C@H]2C(=O)N(CCO)C3C1=O. The lowest BCUT2D eigenvalue weighted by Crippen LogP contribution is -2.56. The maximum Gasteiger partial charge on any atom is 0.249 e. The number of ether oxygens (including phenoxy) is 1. The van der Waals surface area contributed by atoms with Crippen LogP contribution in [0, 0.1) is 11.8 Å². The molecule has 0 aromatic heterocycles. The second kappa shape index (κ2) is 10.1. The van der Waals surface area contributed by atoms with Crippen molar-refractivity contribution in [2.24, 2.45) is 11.8 Å². The molecule has 4 heterocycles. The van der Waals surface area contributed by atoms with Gasteiger partial charge in [-0.05, 0) is 25.0 Å². The molecule has 0 saturated carbocycles. The fourth-order valence-electron chi connectivity index (χ4n) is 6.75. The van der Waals surface area contributed by atoms with Crippen LogP contribution in [0.15, 0.2) is 54.6 Å². The predicted molar refractivity (Wildman–Crippen MR) is 140 cm³/mol. The lowest BCUT2D eigenvalue weighted by Gasteiger charge is -2.38. The van der Waals surface area contributed by atoms with E-state index in [0.717, 1.165) is 24.9 Å². The fourth-order valence-corrected chi connectivity index (χ4v) is 6.75. The van der Waals surface area contributed by atoms with Gasteiger partial charge in [0.25, 0.3) is 0 Å². The number of hydrogen-bond donors (Lipinski definition) is 1. The molecule has 4 aliphatic heterocycles. The standard InChI is InChI=1S/C29H37N3O5/c1-3-5-9-16-30-17-11-15-29-23(26(35)32(19-20-33)24(29)27(30)36)22-25(34)31(21-12-7-6-8-13-21)18-10-14-28(22,4-2)37-29/h6-8,10-15,22-24,33H,3-5,9,16-20H2,1-2H3/t22-,23+,24?,28+,29+/m1/s1. The molecule has 8 nitrogen and oxygen atoms in total. The quantitative estimate of drug-likeness (QED) is 0.431. The summed E-state index contributed by atoms with van der Waals surface area (Å²) >= 11 is 0. The number of aliphatic hydroxyl groups is 1.